The fraction of sp³-hybridized carbons (Fsp3) is 0.290. The minimum atomic E-state index is -4.55. The molecular formula is C31H33N3O6S. The summed E-state index contributed by atoms with van der Waals surface area (Å²) < 4.78 is 104. The summed E-state index contributed by atoms with van der Waals surface area (Å²) in [5.74, 6) is -0.727. The number of ether oxygens (including phenoxy) is 2. The zero-order valence-corrected chi connectivity index (χ0v) is 23.1. The molecule has 5 rings (SSSR count). The molecule has 214 valence electrons. The molecule has 1 fully saturated rings. The zero-order chi connectivity index (χ0) is 36.2. The number of rotatable bonds is 8. The molecule has 1 saturated carbocycles. The van der Waals surface area contributed by atoms with Gasteiger partial charge in [0.15, 0.2) is 0 Å². The van der Waals surface area contributed by atoms with Crippen molar-refractivity contribution in [2.75, 3.05) is 12.4 Å². The molecule has 2 amide bonds. The van der Waals surface area contributed by atoms with Crippen molar-refractivity contribution in [2.45, 2.75) is 49.8 Å². The number of methoxy groups -OCH3 is 1. The molecule has 0 saturated heterocycles. The Balaban J connectivity index is 1.37. The lowest BCUT2D eigenvalue weighted by Gasteiger charge is -2.13. The van der Waals surface area contributed by atoms with E-state index in [1.165, 1.54) is 31.4 Å². The number of anilines is 1. The maximum atomic E-state index is 13.0. The van der Waals surface area contributed by atoms with E-state index in [1.807, 2.05) is 22.5 Å². The molecule has 1 aliphatic carbocycles. The van der Waals surface area contributed by atoms with Crippen molar-refractivity contribution in [1.29, 1.82) is 0 Å². The zero-order valence-electron chi connectivity index (χ0n) is 30.3. The predicted molar refractivity (Wildman–Crippen MR) is 157 cm³/mol. The Morgan fingerprint density at radius 2 is 1.88 bits per heavy atom. The summed E-state index contributed by atoms with van der Waals surface area (Å²) >= 11 is 0. The number of nitrogens with zero attached hydrogens (tertiary/aromatic N) is 1. The van der Waals surface area contributed by atoms with Gasteiger partial charge in [0.05, 0.1) is 13.4 Å². The molecule has 1 aliphatic rings. The first-order valence-corrected chi connectivity index (χ1v) is 14.1. The molecule has 0 spiro atoms. The third-order valence-electron chi connectivity index (χ3n) is 6.54. The first-order valence-electron chi connectivity index (χ1n) is 16.6. The van der Waals surface area contributed by atoms with E-state index < -0.39 is 58.2 Å². The van der Waals surface area contributed by atoms with Crippen LogP contribution in [0.15, 0.2) is 71.8 Å². The van der Waals surface area contributed by atoms with E-state index in [-0.39, 0.29) is 36.3 Å². The summed E-state index contributed by atoms with van der Waals surface area (Å²) in [7, 11) is -1.35. The van der Waals surface area contributed by atoms with Crippen molar-refractivity contribution in [3.05, 3.63) is 89.1 Å². The summed E-state index contributed by atoms with van der Waals surface area (Å²) in [6, 6.07) is 14.3. The number of carbonyl (C=O) groups excluding carboxylic acids is 2. The number of aromatic nitrogens is 1. The number of hydrogen-bond donors (Lipinski definition) is 2. The Labute approximate surface area is 250 Å². The third kappa shape index (κ3) is 6.22. The lowest BCUT2D eigenvalue weighted by molar-refractivity contribution is 0.0980. The fourth-order valence-electron chi connectivity index (χ4n) is 4.59. The Kier molecular flexibility index (Phi) is 5.61. The van der Waals surface area contributed by atoms with Gasteiger partial charge < -0.3 is 14.0 Å². The Morgan fingerprint density at radius 1 is 1.10 bits per heavy atom. The highest BCUT2D eigenvalue weighted by Crippen LogP contribution is 2.30. The van der Waals surface area contributed by atoms with Crippen LogP contribution in [0.4, 0.5) is 10.5 Å². The van der Waals surface area contributed by atoms with Gasteiger partial charge in [-0.05, 0) is 85.5 Å². The van der Waals surface area contributed by atoms with Crippen molar-refractivity contribution in [3.8, 4) is 5.75 Å². The second-order valence-corrected chi connectivity index (χ2v) is 11.0. The maximum absolute atomic E-state index is 13.0. The van der Waals surface area contributed by atoms with Gasteiger partial charge in [-0.25, -0.2) is 17.9 Å². The quantitative estimate of drug-likeness (QED) is 0.275. The Hall–Kier alpha value is -4.31. The van der Waals surface area contributed by atoms with E-state index in [0.29, 0.717) is 10.9 Å². The van der Waals surface area contributed by atoms with Crippen LogP contribution in [-0.4, -0.2) is 38.2 Å². The lowest BCUT2D eigenvalue weighted by atomic mass is 10.0. The van der Waals surface area contributed by atoms with Crippen LogP contribution in [0.3, 0.4) is 0 Å². The van der Waals surface area contributed by atoms with E-state index in [1.54, 1.807) is 24.3 Å². The van der Waals surface area contributed by atoms with Crippen molar-refractivity contribution in [2.24, 2.45) is 7.05 Å². The lowest BCUT2D eigenvalue weighted by Crippen LogP contribution is -2.31. The average Bonchev–Trinajstić information content (AvgIpc) is 3.40. The number of nitrogens with one attached hydrogen (secondary N) is 2. The molecule has 41 heavy (non-hydrogen) atoms. The molecular weight excluding hydrogens is 542 g/mol. The predicted octanol–water partition coefficient (Wildman–Crippen LogP) is 5.70. The Morgan fingerprint density at radius 3 is 2.63 bits per heavy atom. The molecule has 3 aromatic carbocycles. The van der Waals surface area contributed by atoms with Crippen LogP contribution in [0.5, 0.6) is 5.75 Å². The van der Waals surface area contributed by atoms with Crippen molar-refractivity contribution >= 4 is 38.6 Å². The van der Waals surface area contributed by atoms with Gasteiger partial charge in [-0.2, -0.15) is 0 Å². The molecule has 0 aliphatic heterocycles. The second kappa shape index (κ2) is 11.7. The first-order chi connectivity index (χ1) is 22.7. The van der Waals surface area contributed by atoms with Gasteiger partial charge in [0.1, 0.15) is 11.8 Å². The third-order valence-corrected chi connectivity index (χ3v) is 7.93. The number of hydrogen-bond acceptors (Lipinski definition) is 6. The molecule has 0 unspecified atom stereocenters. The SMILES string of the molecule is [2H]C([2H])([2H])c1ccccc1S(=O)(=O)NC(=O)c1ccc(Cc2cn(C)c3ccc(NC(=O)OC4([2H])C([2H])([2H])CCC4([2H])[2H])cc23)c(OC)c1. The van der Waals surface area contributed by atoms with Gasteiger partial charge in [0.25, 0.3) is 15.9 Å². The minimum Gasteiger partial charge on any atom is -0.496 e. The highest BCUT2D eigenvalue weighted by Gasteiger charge is 2.22. The van der Waals surface area contributed by atoms with E-state index in [0.717, 1.165) is 23.2 Å². The molecule has 1 aromatic heterocycles. The molecule has 9 nitrogen and oxygen atoms in total. The Bertz CT molecular complexity index is 2050. The standard InChI is InChI=1S/C31H33N3O6S/c1-20-8-4-7-11-29(20)41(37,38)33-30(35)22-13-12-21(28(17-22)39-3)16-23-19-34(2)27-15-14-24(18-26(23)27)32-31(36)40-25-9-5-6-10-25/h4,7-8,11-15,17-19,25H,5-6,9-10,16H2,1-3H3,(H,32,36)(H,33,35)/i1D3,9D2,10D2,25D. The number of aryl methyl sites for hydroxylation is 2. The molecule has 1 heterocycles. The van der Waals surface area contributed by atoms with Gasteiger partial charge in [0.2, 0.25) is 0 Å². The van der Waals surface area contributed by atoms with Crippen molar-refractivity contribution in [1.82, 2.24) is 9.29 Å². The number of benzene rings is 3. The maximum Gasteiger partial charge on any atom is 0.411 e. The van der Waals surface area contributed by atoms with Gasteiger partial charge in [-0.15, -0.1) is 0 Å². The number of carbonyl (C=O) groups is 2. The summed E-state index contributed by atoms with van der Waals surface area (Å²) in [6.45, 7) is -2.73. The second-order valence-electron chi connectivity index (χ2n) is 9.33. The van der Waals surface area contributed by atoms with Crippen molar-refractivity contribution in [3.63, 3.8) is 0 Å². The van der Waals surface area contributed by atoms with Crippen LogP contribution in [0.1, 0.15) is 63.6 Å². The van der Waals surface area contributed by atoms with E-state index in [9.17, 15) is 18.0 Å². The minimum absolute atomic E-state index is 0.0540. The van der Waals surface area contributed by atoms with Gasteiger partial charge in [-0.3, -0.25) is 10.1 Å². The summed E-state index contributed by atoms with van der Waals surface area (Å²) in [5.41, 5.74) is 1.96. The van der Waals surface area contributed by atoms with Crippen LogP contribution in [0.25, 0.3) is 10.9 Å². The van der Waals surface area contributed by atoms with Gasteiger partial charge >= 0.3 is 6.09 Å². The summed E-state index contributed by atoms with van der Waals surface area (Å²) in [5, 5.41) is 3.18. The highest BCUT2D eigenvalue weighted by molar-refractivity contribution is 7.90. The number of fused-ring (bicyclic) bond motifs is 1. The molecule has 0 atom stereocenters. The average molecular weight is 584 g/mol. The van der Waals surface area contributed by atoms with Crippen LogP contribution in [0, 0.1) is 6.85 Å². The van der Waals surface area contributed by atoms with E-state index >= 15 is 0 Å². The van der Waals surface area contributed by atoms with Crippen LogP contribution < -0.4 is 14.8 Å². The fourth-order valence-corrected chi connectivity index (χ4v) is 5.68. The van der Waals surface area contributed by atoms with E-state index in [4.69, 9.17) is 20.4 Å². The smallest absolute Gasteiger partial charge is 0.411 e. The summed E-state index contributed by atoms with van der Waals surface area (Å²) in [4.78, 5) is 25.3. The molecule has 4 aromatic rings. The number of amides is 2. The van der Waals surface area contributed by atoms with Crippen LogP contribution >= 0.6 is 0 Å². The topological polar surface area (TPSA) is 116 Å². The first kappa shape index (κ1) is 19.7. The molecule has 0 radical (unpaired) electrons. The summed E-state index contributed by atoms with van der Waals surface area (Å²) in [6.07, 6.45) is -7.12. The van der Waals surface area contributed by atoms with Gasteiger partial charge in [0, 0.05) is 51.4 Å². The molecule has 0 bridgehead atoms. The molecule has 2 N–H and O–H groups in total. The van der Waals surface area contributed by atoms with Crippen molar-refractivity contribution < 1.29 is 38.4 Å². The molecule has 10 heteroatoms. The largest absolute Gasteiger partial charge is 0.496 e. The monoisotopic (exact) mass is 583 g/mol. The van der Waals surface area contributed by atoms with Crippen LogP contribution in [0.2, 0.25) is 0 Å². The highest BCUT2D eigenvalue weighted by atomic mass is 32.2. The van der Waals surface area contributed by atoms with E-state index in [2.05, 4.69) is 5.32 Å². The van der Waals surface area contributed by atoms with Gasteiger partial charge in [-0.1, -0.05) is 24.3 Å². The normalized spacial score (nSPS) is 20.1. The van der Waals surface area contributed by atoms with Crippen LogP contribution in [-0.2, 0) is 28.2 Å². The number of sulfonamides is 1.